The van der Waals surface area contributed by atoms with Crippen LogP contribution in [0.2, 0.25) is 0 Å². The number of aliphatic hydroxyl groups is 1. The van der Waals surface area contributed by atoms with Crippen molar-refractivity contribution in [2.45, 2.75) is 20.0 Å². The number of hydrogen-bond donors (Lipinski definition) is 2. The third-order valence-electron chi connectivity index (χ3n) is 3.08. The molecule has 0 saturated carbocycles. The molecule has 0 radical (unpaired) electrons. The molecule has 0 spiro atoms. The van der Waals surface area contributed by atoms with Gasteiger partial charge in [0, 0.05) is 6.54 Å². The molecule has 116 valence electrons. The molecule has 0 aliphatic heterocycles. The van der Waals surface area contributed by atoms with Gasteiger partial charge in [0.15, 0.2) is 0 Å². The van der Waals surface area contributed by atoms with Crippen molar-refractivity contribution in [3.05, 3.63) is 41.7 Å². The van der Waals surface area contributed by atoms with E-state index in [2.05, 4.69) is 15.4 Å². The third kappa shape index (κ3) is 3.55. The van der Waals surface area contributed by atoms with Crippen LogP contribution in [0, 0.1) is 13.8 Å². The molecule has 22 heavy (non-hydrogen) atoms. The van der Waals surface area contributed by atoms with Crippen LogP contribution in [-0.4, -0.2) is 39.0 Å². The van der Waals surface area contributed by atoms with E-state index in [1.807, 2.05) is 44.3 Å². The molecule has 1 aromatic carbocycles. The lowest BCUT2D eigenvalue weighted by Gasteiger charge is -2.12. The molecule has 0 bridgehead atoms. The number of aliphatic hydroxyl groups excluding tert-OH is 1. The lowest BCUT2D eigenvalue weighted by molar-refractivity contribution is 0.117. The highest BCUT2D eigenvalue weighted by Gasteiger charge is 2.09. The number of ether oxygens (including phenoxy) is 1. The first-order valence-corrected chi connectivity index (χ1v) is 7.86. The van der Waals surface area contributed by atoms with Gasteiger partial charge in [0.25, 0.3) is 0 Å². The maximum absolute atomic E-state index is 9.98. The number of fused-ring (bicyclic) bond motifs is 1. The lowest BCUT2D eigenvalue weighted by Crippen LogP contribution is -2.26. The maximum Gasteiger partial charge on any atom is 0.214 e. The van der Waals surface area contributed by atoms with E-state index < -0.39 is 6.10 Å². The number of aromatic nitrogens is 3. The number of nitrogens with zero attached hydrogens (tertiary/aromatic N) is 3. The molecular weight excluding hydrogens is 300 g/mol. The number of benzene rings is 1. The van der Waals surface area contributed by atoms with Crippen LogP contribution in [0.25, 0.3) is 4.96 Å². The summed E-state index contributed by atoms with van der Waals surface area (Å²) in [4.78, 5) is 5.18. The van der Waals surface area contributed by atoms with Crippen LogP contribution >= 0.6 is 11.3 Å². The molecule has 0 amide bonds. The second kappa shape index (κ2) is 6.33. The van der Waals surface area contributed by atoms with E-state index in [-0.39, 0.29) is 6.61 Å². The third-order valence-corrected chi connectivity index (χ3v) is 3.96. The van der Waals surface area contributed by atoms with E-state index in [1.54, 1.807) is 4.52 Å². The van der Waals surface area contributed by atoms with E-state index in [1.165, 1.54) is 11.3 Å². The number of anilines is 1. The Balaban J connectivity index is 1.49. The van der Waals surface area contributed by atoms with Crippen molar-refractivity contribution in [2.75, 3.05) is 18.5 Å². The first-order chi connectivity index (χ1) is 10.6. The van der Waals surface area contributed by atoms with Crippen molar-refractivity contribution in [1.82, 2.24) is 14.6 Å². The zero-order valence-corrected chi connectivity index (χ0v) is 13.3. The minimum absolute atomic E-state index is 0.234. The summed E-state index contributed by atoms with van der Waals surface area (Å²) in [5, 5.41) is 18.2. The molecule has 7 heteroatoms. The van der Waals surface area contributed by atoms with E-state index in [4.69, 9.17) is 4.74 Å². The summed E-state index contributed by atoms with van der Waals surface area (Å²) in [6.45, 7) is 4.55. The second-order valence-electron chi connectivity index (χ2n) is 5.18. The van der Waals surface area contributed by atoms with Crippen LogP contribution < -0.4 is 10.1 Å². The van der Waals surface area contributed by atoms with Gasteiger partial charge in [-0.05, 0) is 31.5 Å². The van der Waals surface area contributed by atoms with Gasteiger partial charge in [0.1, 0.15) is 18.5 Å². The van der Waals surface area contributed by atoms with Crippen molar-refractivity contribution >= 4 is 21.4 Å². The molecule has 1 atom stereocenters. The van der Waals surface area contributed by atoms with Crippen molar-refractivity contribution in [2.24, 2.45) is 0 Å². The van der Waals surface area contributed by atoms with Crippen molar-refractivity contribution < 1.29 is 9.84 Å². The zero-order chi connectivity index (χ0) is 15.5. The zero-order valence-electron chi connectivity index (χ0n) is 12.5. The maximum atomic E-state index is 9.98. The normalized spacial score (nSPS) is 12.5. The SMILES string of the molecule is Cc1cccc(OCC(O)CNc2nn3cc(C)nc3s2)c1. The first-order valence-electron chi connectivity index (χ1n) is 7.04. The largest absolute Gasteiger partial charge is 0.491 e. The molecule has 0 fully saturated rings. The van der Waals surface area contributed by atoms with E-state index in [9.17, 15) is 5.11 Å². The van der Waals surface area contributed by atoms with E-state index in [0.29, 0.717) is 6.54 Å². The summed E-state index contributed by atoms with van der Waals surface area (Å²) in [5.41, 5.74) is 2.07. The molecule has 0 aliphatic rings. The van der Waals surface area contributed by atoms with Crippen LogP contribution in [0.1, 0.15) is 11.3 Å². The highest BCUT2D eigenvalue weighted by atomic mass is 32.1. The molecule has 3 rings (SSSR count). The fourth-order valence-corrected chi connectivity index (χ4v) is 2.88. The van der Waals surface area contributed by atoms with Gasteiger partial charge in [-0.1, -0.05) is 23.5 Å². The summed E-state index contributed by atoms with van der Waals surface area (Å²) in [6.07, 6.45) is 1.26. The van der Waals surface area contributed by atoms with Crippen LogP contribution in [-0.2, 0) is 0 Å². The number of imidazole rings is 1. The molecule has 1 unspecified atom stereocenters. The number of rotatable bonds is 6. The summed E-state index contributed by atoms with van der Waals surface area (Å²) in [5.74, 6) is 0.766. The van der Waals surface area contributed by atoms with Crippen molar-refractivity contribution in [3.8, 4) is 5.75 Å². The number of aryl methyl sites for hydroxylation is 2. The Morgan fingerprint density at radius 1 is 1.41 bits per heavy atom. The Bertz CT molecular complexity index is 736. The van der Waals surface area contributed by atoms with Gasteiger partial charge in [0.05, 0.1) is 11.9 Å². The van der Waals surface area contributed by atoms with Crippen LogP contribution in [0.5, 0.6) is 5.75 Å². The predicted molar refractivity (Wildman–Crippen MR) is 86.8 cm³/mol. The van der Waals surface area contributed by atoms with Crippen molar-refractivity contribution in [3.63, 3.8) is 0 Å². The van der Waals surface area contributed by atoms with Gasteiger partial charge in [0.2, 0.25) is 10.1 Å². The molecular formula is C15H18N4O2S. The second-order valence-corrected chi connectivity index (χ2v) is 6.13. The average Bonchev–Trinajstić information content (AvgIpc) is 3.00. The smallest absolute Gasteiger partial charge is 0.214 e. The predicted octanol–water partition coefficient (Wildman–Crippen LogP) is 2.26. The fourth-order valence-electron chi connectivity index (χ4n) is 2.04. The molecule has 2 heterocycles. The minimum atomic E-state index is -0.613. The van der Waals surface area contributed by atoms with Crippen LogP contribution in [0.15, 0.2) is 30.5 Å². The monoisotopic (exact) mass is 318 g/mol. The van der Waals surface area contributed by atoms with Gasteiger partial charge in [-0.15, -0.1) is 5.10 Å². The molecule has 6 nitrogen and oxygen atoms in total. The highest BCUT2D eigenvalue weighted by Crippen LogP contribution is 2.19. The fraction of sp³-hybridized carbons (Fsp3) is 0.333. The van der Waals surface area contributed by atoms with Crippen molar-refractivity contribution in [1.29, 1.82) is 0 Å². The summed E-state index contributed by atoms with van der Waals surface area (Å²) >= 11 is 1.45. The topological polar surface area (TPSA) is 71.7 Å². The molecule has 3 aromatic rings. The molecule has 0 saturated heterocycles. The van der Waals surface area contributed by atoms with E-state index in [0.717, 1.165) is 27.1 Å². The summed E-state index contributed by atoms with van der Waals surface area (Å²) < 4.78 is 7.31. The Labute approximate surface area is 132 Å². The van der Waals surface area contributed by atoms with Gasteiger partial charge >= 0.3 is 0 Å². The lowest BCUT2D eigenvalue weighted by atomic mass is 10.2. The highest BCUT2D eigenvalue weighted by molar-refractivity contribution is 7.20. The molecule has 2 aromatic heterocycles. The van der Waals surface area contributed by atoms with Gasteiger partial charge in [-0.25, -0.2) is 9.50 Å². The Morgan fingerprint density at radius 3 is 3.05 bits per heavy atom. The van der Waals surface area contributed by atoms with Gasteiger partial charge in [-0.3, -0.25) is 0 Å². The first kappa shape index (κ1) is 14.8. The van der Waals surface area contributed by atoms with E-state index >= 15 is 0 Å². The summed E-state index contributed by atoms with van der Waals surface area (Å²) in [6, 6.07) is 7.76. The Kier molecular flexibility index (Phi) is 4.26. The van der Waals surface area contributed by atoms with Crippen LogP contribution in [0.3, 0.4) is 0 Å². The van der Waals surface area contributed by atoms with Gasteiger partial charge in [-0.2, -0.15) is 0 Å². The minimum Gasteiger partial charge on any atom is -0.491 e. The number of nitrogens with one attached hydrogen (secondary N) is 1. The van der Waals surface area contributed by atoms with Crippen LogP contribution in [0.4, 0.5) is 5.13 Å². The average molecular weight is 318 g/mol. The molecule has 2 N–H and O–H groups in total. The standard InChI is InChI=1S/C15H18N4O2S/c1-10-4-3-5-13(6-10)21-9-12(20)7-16-14-18-19-8-11(2)17-15(19)22-14/h3-6,8,12,20H,7,9H2,1-2H3,(H,16,18). The number of hydrogen-bond acceptors (Lipinski definition) is 6. The summed E-state index contributed by atoms with van der Waals surface area (Å²) in [7, 11) is 0. The quantitative estimate of drug-likeness (QED) is 0.729. The molecule has 0 aliphatic carbocycles. The Hall–Kier alpha value is -2.12. The Morgan fingerprint density at radius 2 is 2.27 bits per heavy atom. The van der Waals surface area contributed by atoms with Gasteiger partial charge < -0.3 is 15.2 Å².